The summed E-state index contributed by atoms with van der Waals surface area (Å²) < 4.78 is 5.40. The van der Waals surface area contributed by atoms with Gasteiger partial charge in [0.15, 0.2) is 0 Å². The Hall–Kier alpha value is -1.36. The van der Waals surface area contributed by atoms with Gasteiger partial charge in [-0.2, -0.15) is 4.98 Å². The van der Waals surface area contributed by atoms with Gasteiger partial charge >= 0.3 is 0 Å². The van der Waals surface area contributed by atoms with Gasteiger partial charge in [0.1, 0.15) is 0 Å². The van der Waals surface area contributed by atoms with Gasteiger partial charge in [-0.15, -0.1) is 0 Å². The molecule has 1 aromatic heterocycles. The molecule has 1 heterocycles. The maximum Gasteiger partial charge on any atom is 0.228 e. The summed E-state index contributed by atoms with van der Waals surface area (Å²) in [6.07, 6.45) is 2.68. The summed E-state index contributed by atoms with van der Waals surface area (Å²) in [5.74, 6) is 1.91. The molecule has 0 bridgehead atoms. The molecule has 0 saturated carbocycles. The van der Waals surface area contributed by atoms with Crippen LogP contribution in [0.5, 0.6) is 5.88 Å². The van der Waals surface area contributed by atoms with E-state index in [0.29, 0.717) is 24.9 Å². The number of aromatic nitrogens is 2. The molecule has 5 heteroatoms. The number of nitrogens with two attached hydrogens (primary N) is 1. The van der Waals surface area contributed by atoms with Gasteiger partial charge in [0.25, 0.3) is 0 Å². The van der Waals surface area contributed by atoms with E-state index in [1.54, 1.807) is 12.3 Å². The summed E-state index contributed by atoms with van der Waals surface area (Å²) in [5.41, 5.74) is 5.57. The van der Waals surface area contributed by atoms with Crippen LogP contribution in [0, 0.1) is 5.92 Å². The number of hydrogen-bond donors (Lipinski definition) is 1. The minimum Gasteiger partial charge on any atom is -0.478 e. The maximum absolute atomic E-state index is 5.57. The van der Waals surface area contributed by atoms with Crippen molar-refractivity contribution < 1.29 is 4.74 Å². The first-order chi connectivity index (χ1) is 8.67. The van der Waals surface area contributed by atoms with Gasteiger partial charge in [0.05, 0.1) is 6.61 Å². The van der Waals surface area contributed by atoms with Crippen molar-refractivity contribution in [2.45, 2.75) is 27.2 Å². The van der Waals surface area contributed by atoms with Gasteiger partial charge in [-0.3, -0.25) is 0 Å². The molecule has 0 aliphatic heterocycles. The van der Waals surface area contributed by atoms with Crippen molar-refractivity contribution in [3.05, 3.63) is 12.3 Å². The summed E-state index contributed by atoms with van der Waals surface area (Å²) in [6.45, 7) is 9.41. The van der Waals surface area contributed by atoms with Gasteiger partial charge in [0.2, 0.25) is 11.8 Å². The first-order valence-corrected chi connectivity index (χ1v) is 6.58. The Balaban J connectivity index is 2.78. The molecule has 0 saturated heterocycles. The molecule has 1 aromatic rings. The van der Waals surface area contributed by atoms with Gasteiger partial charge in [-0.05, 0) is 25.8 Å². The SMILES string of the molecule is CCOc1ccnc(N(CCCN)CC(C)C)n1. The van der Waals surface area contributed by atoms with Crippen molar-refractivity contribution in [3.8, 4) is 5.88 Å². The van der Waals surface area contributed by atoms with Crippen LogP contribution >= 0.6 is 0 Å². The highest BCUT2D eigenvalue weighted by Gasteiger charge is 2.11. The second kappa shape index (κ2) is 7.87. The lowest BCUT2D eigenvalue weighted by atomic mass is 10.2. The van der Waals surface area contributed by atoms with E-state index < -0.39 is 0 Å². The van der Waals surface area contributed by atoms with Crippen LogP contribution in [-0.2, 0) is 0 Å². The monoisotopic (exact) mass is 252 g/mol. The minimum absolute atomic E-state index is 0.558. The Morgan fingerprint density at radius 2 is 2.22 bits per heavy atom. The zero-order chi connectivity index (χ0) is 13.4. The lowest BCUT2D eigenvalue weighted by Crippen LogP contribution is -2.31. The molecule has 0 aliphatic carbocycles. The third kappa shape index (κ3) is 4.87. The summed E-state index contributed by atoms with van der Waals surface area (Å²) in [6, 6.07) is 1.78. The average molecular weight is 252 g/mol. The molecule has 0 unspecified atom stereocenters. The molecule has 0 aromatic carbocycles. The highest BCUT2D eigenvalue weighted by molar-refractivity contribution is 5.31. The topological polar surface area (TPSA) is 64.3 Å². The molecule has 0 spiro atoms. The normalized spacial score (nSPS) is 10.7. The molecule has 2 N–H and O–H groups in total. The summed E-state index contributed by atoms with van der Waals surface area (Å²) in [7, 11) is 0. The molecule has 0 fully saturated rings. The molecule has 102 valence electrons. The number of ether oxygens (including phenoxy) is 1. The molecular formula is C13H24N4O. The number of anilines is 1. The lowest BCUT2D eigenvalue weighted by molar-refractivity contribution is 0.326. The van der Waals surface area contributed by atoms with E-state index in [4.69, 9.17) is 10.5 Å². The second-order valence-electron chi connectivity index (χ2n) is 4.61. The Bertz CT molecular complexity index is 344. The van der Waals surface area contributed by atoms with E-state index in [1.165, 1.54) is 0 Å². The van der Waals surface area contributed by atoms with E-state index in [2.05, 4.69) is 28.7 Å². The highest BCUT2D eigenvalue weighted by Crippen LogP contribution is 2.14. The van der Waals surface area contributed by atoms with Crippen molar-refractivity contribution >= 4 is 5.95 Å². The van der Waals surface area contributed by atoms with Crippen LogP contribution < -0.4 is 15.4 Å². The van der Waals surface area contributed by atoms with Gasteiger partial charge in [0, 0.05) is 25.4 Å². The van der Waals surface area contributed by atoms with E-state index >= 15 is 0 Å². The van der Waals surface area contributed by atoms with Crippen LogP contribution in [0.2, 0.25) is 0 Å². The molecule has 5 nitrogen and oxygen atoms in total. The van der Waals surface area contributed by atoms with E-state index in [9.17, 15) is 0 Å². The van der Waals surface area contributed by atoms with Crippen molar-refractivity contribution in [1.82, 2.24) is 9.97 Å². The average Bonchev–Trinajstić information content (AvgIpc) is 2.35. The molecule has 18 heavy (non-hydrogen) atoms. The van der Waals surface area contributed by atoms with E-state index in [0.717, 1.165) is 25.5 Å². The van der Waals surface area contributed by atoms with Crippen LogP contribution in [0.4, 0.5) is 5.95 Å². The van der Waals surface area contributed by atoms with E-state index in [1.807, 2.05) is 6.92 Å². The summed E-state index contributed by atoms with van der Waals surface area (Å²) >= 11 is 0. The van der Waals surface area contributed by atoms with E-state index in [-0.39, 0.29) is 0 Å². The van der Waals surface area contributed by atoms with Gasteiger partial charge in [-0.25, -0.2) is 4.98 Å². The highest BCUT2D eigenvalue weighted by atomic mass is 16.5. The van der Waals surface area contributed by atoms with Crippen LogP contribution in [0.15, 0.2) is 12.3 Å². The third-order valence-corrected chi connectivity index (χ3v) is 2.41. The molecule has 0 amide bonds. The molecular weight excluding hydrogens is 228 g/mol. The number of rotatable bonds is 8. The van der Waals surface area contributed by atoms with Gasteiger partial charge < -0.3 is 15.4 Å². The maximum atomic E-state index is 5.57. The fourth-order valence-corrected chi connectivity index (χ4v) is 1.71. The predicted molar refractivity (Wildman–Crippen MR) is 73.9 cm³/mol. The van der Waals surface area contributed by atoms with Crippen LogP contribution in [0.1, 0.15) is 27.2 Å². The number of hydrogen-bond acceptors (Lipinski definition) is 5. The van der Waals surface area contributed by atoms with Gasteiger partial charge in [-0.1, -0.05) is 13.8 Å². The fraction of sp³-hybridized carbons (Fsp3) is 0.692. The Morgan fingerprint density at radius 3 is 2.83 bits per heavy atom. The van der Waals surface area contributed by atoms with Crippen molar-refractivity contribution in [2.75, 3.05) is 31.1 Å². The van der Waals surface area contributed by atoms with Crippen molar-refractivity contribution in [3.63, 3.8) is 0 Å². The zero-order valence-corrected chi connectivity index (χ0v) is 11.6. The minimum atomic E-state index is 0.558. The van der Waals surface area contributed by atoms with Crippen LogP contribution in [0.3, 0.4) is 0 Å². The standard InChI is InChI=1S/C13H24N4O/c1-4-18-12-6-8-15-13(16-12)17(9-5-7-14)10-11(2)3/h6,8,11H,4-5,7,9-10,14H2,1-3H3. The Kier molecular flexibility index (Phi) is 6.43. The lowest BCUT2D eigenvalue weighted by Gasteiger charge is -2.24. The Labute approximate surface area is 109 Å². The first kappa shape index (κ1) is 14.7. The molecule has 0 atom stereocenters. The molecule has 0 aliphatic rings. The second-order valence-corrected chi connectivity index (χ2v) is 4.61. The smallest absolute Gasteiger partial charge is 0.228 e. The van der Waals surface area contributed by atoms with Crippen LogP contribution in [0.25, 0.3) is 0 Å². The first-order valence-electron chi connectivity index (χ1n) is 6.58. The van der Waals surface area contributed by atoms with Crippen LogP contribution in [-0.4, -0.2) is 36.2 Å². The predicted octanol–water partition coefficient (Wildman–Crippen LogP) is 1.69. The number of nitrogens with zero attached hydrogens (tertiary/aromatic N) is 3. The largest absolute Gasteiger partial charge is 0.478 e. The van der Waals surface area contributed by atoms with Crippen molar-refractivity contribution in [2.24, 2.45) is 11.7 Å². The summed E-state index contributed by atoms with van der Waals surface area (Å²) in [5, 5.41) is 0. The fourth-order valence-electron chi connectivity index (χ4n) is 1.71. The third-order valence-electron chi connectivity index (χ3n) is 2.41. The van der Waals surface area contributed by atoms with Crippen molar-refractivity contribution in [1.29, 1.82) is 0 Å². The summed E-state index contributed by atoms with van der Waals surface area (Å²) in [4.78, 5) is 10.9. The quantitative estimate of drug-likeness (QED) is 0.762. The molecule has 1 rings (SSSR count). The zero-order valence-electron chi connectivity index (χ0n) is 11.6. The Morgan fingerprint density at radius 1 is 1.44 bits per heavy atom. The molecule has 0 radical (unpaired) electrons.